The number of hydrogen-bond acceptors (Lipinski definition) is 2. The van der Waals surface area contributed by atoms with E-state index < -0.39 is 0 Å². The Morgan fingerprint density at radius 2 is 1.96 bits per heavy atom. The molecule has 2 unspecified atom stereocenters. The van der Waals surface area contributed by atoms with E-state index in [9.17, 15) is 9.59 Å². The topological polar surface area (TPSA) is 49.4 Å². The number of hydrogen-bond donors (Lipinski definition) is 1. The van der Waals surface area contributed by atoms with Crippen molar-refractivity contribution in [3.63, 3.8) is 0 Å². The highest BCUT2D eigenvalue weighted by atomic mass is 35.5. The van der Waals surface area contributed by atoms with Crippen LogP contribution in [0.1, 0.15) is 44.6 Å². The zero-order chi connectivity index (χ0) is 19.4. The Kier molecular flexibility index (Phi) is 6.17. The van der Waals surface area contributed by atoms with E-state index in [4.69, 9.17) is 11.6 Å². The van der Waals surface area contributed by atoms with Crippen LogP contribution < -0.4 is 10.2 Å². The van der Waals surface area contributed by atoms with E-state index >= 15 is 0 Å². The van der Waals surface area contributed by atoms with Gasteiger partial charge in [0.2, 0.25) is 11.8 Å². The highest BCUT2D eigenvalue weighted by Gasteiger charge is 2.27. The normalized spacial score (nSPS) is 16.3. The van der Waals surface area contributed by atoms with E-state index in [2.05, 4.69) is 19.2 Å². The molecular weight excluding hydrogens is 360 g/mol. The highest BCUT2D eigenvalue weighted by molar-refractivity contribution is 6.34. The number of nitrogens with one attached hydrogen (secondary N) is 1. The fourth-order valence-electron chi connectivity index (χ4n) is 3.54. The molecule has 0 radical (unpaired) electrons. The summed E-state index contributed by atoms with van der Waals surface area (Å²) in [5, 5.41) is 3.46. The van der Waals surface area contributed by atoms with E-state index in [0.29, 0.717) is 23.7 Å². The molecule has 0 bridgehead atoms. The van der Waals surface area contributed by atoms with Crippen molar-refractivity contribution in [2.75, 3.05) is 16.8 Å². The van der Waals surface area contributed by atoms with Crippen LogP contribution in [0.5, 0.6) is 0 Å². The summed E-state index contributed by atoms with van der Waals surface area (Å²) < 4.78 is 0. The van der Waals surface area contributed by atoms with Crippen molar-refractivity contribution in [3.05, 3.63) is 59.1 Å². The Labute approximate surface area is 165 Å². The number of amides is 2. The van der Waals surface area contributed by atoms with Gasteiger partial charge in [-0.1, -0.05) is 62.2 Å². The molecule has 1 N–H and O–H groups in total. The minimum absolute atomic E-state index is 0.0812. The average Bonchev–Trinajstić information content (AvgIpc) is 3.10. The summed E-state index contributed by atoms with van der Waals surface area (Å²) >= 11 is 6.33. The van der Waals surface area contributed by atoms with E-state index in [1.54, 1.807) is 17.0 Å². The third-order valence-corrected chi connectivity index (χ3v) is 5.58. The van der Waals surface area contributed by atoms with Crippen molar-refractivity contribution < 1.29 is 9.59 Å². The van der Waals surface area contributed by atoms with Gasteiger partial charge in [0.1, 0.15) is 0 Å². The zero-order valence-corrected chi connectivity index (χ0v) is 16.5. The van der Waals surface area contributed by atoms with E-state index in [0.717, 1.165) is 24.1 Å². The number of benzene rings is 2. The number of carbonyl (C=O) groups is 2. The molecule has 2 amide bonds. The van der Waals surface area contributed by atoms with Gasteiger partial charge in [-0.15, -0.1) is 0 Å². The molecule has 0 spiro atoms. The summed E-state index contributed by atoms with van der Waals surface area (Å²) in [5.74, 6) is -0.0439. The molecule has 1 heterocycles. The molecule has 0 aliphatic carbocycles. The van der Waals surface area contributed by atoms with Gasteiger partial charge in [0.15, 0.2) is 0 Å². The Hall–Kier alpha value is -2.33. The van der Waals surface area contributed by atoms with Gasteiger partial charge in [0.25, 0.3) is 0 Å². The van der Waals surface area contributed by atoms with Crippen molar-refractivity contribution in [2.24, 2.45) is 5.92 Å². The lowest BCUT2D eigenvalue weighted by molar-refractivity contribution is -0.119. The van der Waals surface area contributed by atoms with E-state index in [-0.39, 0.29) is 23.7 Å². The van der Waals surface area contributed by atoms with Gasteiger partial charge in [0, 0.05) is 18.7 Å². The third-order valence-electron chi connectivity index (χ3n) is 5.25. The van der Waals surface area contributed by atoms with Crippen molar-refractivity contribution in [2.45, 2.75) is 39.0 Å². The van der Waals surface area contributed by atoms with Gasteiger partial charge in [0.05, 0.1) is 16.6 Å². The smallest absolute Gasteiger partial charge is 0.232 e. The van der Waals surface area contributed by atoms with Crippen LogP contribution in [0.25, 0.3) is 0 Å². The molecule has 1 fully saturated rings. The van der Waals surface area contributed by atoms with Crippen molar-refractivity contribution in [1.29, 1.82) is 0 Å². The average molecular weight is 385 g/mol. The summed E-state index contributed by atoms with van der Waals surface area (Å²) in [6.07, 6.45) is 2.31. The van der Waals surface area contributed by atoms with E-state index in [1.807, 2.05) is 36.4 Å². The monoisotopic (exact) mass is 384 g/mol. The Morgan fingerprint density at radius 1 is 1.22 bits per heavy atom. The summed E-state index contributed by atoms with van der Waals surface area (Å²) in [6.45, 7) is 4.87. The second-order valence-corrected chi connectivity index (χ2v) is 7.48. The number of anilines is 2. The van der Waals surface area contributed by atoms with Gasteiger partial charge >= 0.3 is 0 Å². The van der Waals surface area contributed by atoms with Gasteiger partial charge in [-0.3, -0.25) is 9.59 Å². The summed E-state index contributed by atoms with van der Waals surface area (Å²) in [7, 11) is 0. The third kappa shape index (κ3) is 4.33. The quantitative estimate of drug-likeness (QED) is 0.740. The molecule has 5 heteroatoms. The van der Waals surface area contributed by atoms with Crippen LogP contribution in [-0.4, -0.2) is 18.4 Å². The molecular formula is C22H25ClN2O2. The minimum Gasteiger partial charge on any atom is -0.324 e. The number of halogens is 1. The molecule has 1 aliphatic heterocycles. The minimum atomic E-state index is -0.260. The molecule has 2 aromatic rings. The van der Waals surface area contributed by atoms with Crippen molar-refractivity contribution in [3.8, 4) is 0 Å². The molecule has 2 aromatic carbocycles. The maximum Gasteiger partial charge on any atom is 0.232 e. The van der Waals surface area contributed by atoms with Crippen LogP contribution in [0.3, 0.4) is 0 Å². The summed E-state index contributed by atoms with van der Waals surface area (Å²) in [4.78, 5) is 26.9. The lowest BCUT2D eigenvalue weighted by Gasteiger charge is -2.24. The standard InChI is InChI=1S/C22H25ClN2O2/c1-3-15(2)21(16-8-5-4-6-9-16)22(27)24-19-14-17(11-12-18(19)23)25-13-7-10-20(25)26/h4-6,8-9,11-12,14-15,21H,3,7,10,13H2,1-2H3,(H,24,27). The SMILES string of the molecule is CCC(C)C(C(=O)Nc1cc(N2CCCC2=O)ccc1Cl)c1ccccc1. The van der Waals surface area contributed by atoms with Gasteiger partial charge < -0.3 is 10.2 Å². The molecule has 0 aromatic heterocycles. The predicted molar refractivity (Wildman–Crippen MR) is 110 cm³/mol. The molecule has 2 atom stereocenters. The molecule has 1 aliphatic rings. The zero-order valence-electron chi connectivity index (χ0n) is 15.7. The Bertz CT molecular complexity index is 822. The first-order valence-electron chi connectivity index (χ1n) is 9.47. The maximum atomic E-state index is 13.1. The lowest BCUT2D eigenvalue weighted by Crippen LogP contribution is -2.27. The Morgan fingerprint density at radius 3 is 2.59 bits per heavy atom. The highest BCUT2D eigenvalue weighted by Crippen LogP contribution is 2.33. The Balaban J connectivity index is 1.86. The van der Waals surface area contributed by atoms with Crippen molar-refractivity contribution in [1.82, 2.24) is 0 Å². The fraction of sp³-hybridized carbons (Fsp3) is 0.364. The summed E-state index contributed by atoms with van der Waals surface area (Å²) in [6, 6.07) is 15.2. The lowest BCUT2D eigenvalue weighted by atomic mass is 9.85. The van der Waals surface area contributed by atoms with E-state index in [1.165, 1.54) is 0 Å². The first kappa shape index (κ1) is 19.4. The van der Waals surface area contributed by atoms with Crippen LogP contribution in [0.15, 0.2) is 48.5 Å². The molecule has 0 saturated carbocycles. The predicted octanol–water partition coefficient (Wildman–Crippen LogP) is 5.24. The van der Waals surface area contributed by atoms with Gasteiger partial charge in [-0.2, -0.15) is 0 Å². The molecule has 142 valence electrons. The number of rotatable bonds is 6. The number of nitrogens with zero attached hydrogens (tertiary/aromatic N) is 1. The molecule has 3 rings (SSSR count). The van der Waals surface area contributed by atoms with Gasteiger partial charge in [-0.05, 0) is 36.1 Å². The van der Waals surface area contributed by atoms with Crippen molar-refractivity contribution >= 4 is 34.8 Å². The van der Waals surface area contributed by atoms with Crippen LogP contribution in [0, 0.1) is 5.92 Å². The van der Waals surface area contributed by atoms with Gasteiger partial charge in [-0.25, -0.2) is 0 Å². The second-order valence-electron chi connectivity index (χ2n) is 7.08. The van der Waals surface area contributed by atoms with Crippen LogP contribution in [0.2, 0.25) is 5.02 Å². The first-order valence-corrected chi connectivity index (χ1v) is 9.84. The van der Waals surface area contributed by atoms with Crippen LogP contribution in [-0.2, 0) is 9.59 Å². The second kappa shape index (κ2) is 8.57. The molecule has 4 nitrogen and oxygen atoms in total. The summed E-state index contributed by atoms with van der Waals surface area (Å²) in [5.41, 5.74) is 2.31. The maximum absolute atomic E-state index is 13.1. The first-order chi connectivity index (χ1) is 13.0. The van der Waals surface area contributed by atoms with Crippen LogP contribution in [0.4, 0.5) is 11.4 Å². The molecule has 27 heavy (non-hydrogen) atoms. The van der Waals surface area contributed by atoms with Crippen LogP contribution >= 0.6 is 11.6 Å². The largest absolute Gasteiger partial charge is 0.324 e. The fourth-order valence-corrected chi connectivity index (χ4v) is 3.71. The number of carbonyl (C=O) groups excluding carboxylic acids is 2. The molecule has 1 saturated heterocycles.